The number of hydrogen-bond acceptors (Lipinski definition) is 1. The van der Waals surface area contributed by atoms with Gasteiger partial charge in [-0.2, -0.15) is 0 Å². The second kappa shape index (κ2) is 5.65. The van der Waals surface area contributed by atoms with Gasteiger partial charge in [0.2, 0.25) is 0 Å². The van der Waals surface area contributed by atoms with Crippen LogP contribution in [0.1, 0.15) is 49.3 Å². The first-order valence-corrected chi connectivity index (χ1v) is 8.35. The Labute approximate surface area is 127 Å². The number of benzene rings is 2. The van der Waals surface area contributed by atoms with Gasteiger partial charge in [-0.3, -0.25) is 0 Å². The minimum absolute atomic E-state index is 0.388. The summed E-state index contributed by atoms with van der Waals surface area (Å²) in [6, 6.07) is 18.1. The van der Waals surface area contributed by atoms with E-state index in [9.17, 15) is 0 Å². The van der Waals surface area contributed by atoms with Crippen LogP contribution in [-0.4, -0.2) is 6.54 Å². The Morgan fingerprint density at radius 2 is 1.38 bits per heavy atom. The molecule has 2 aliphatic rings. The van der Waals surface area contributed by atoms with Crippen LogP contribution in [0.3, 0.4) is 0 Å². The topological polar surface area (TPSA) is 12.0 Å². The van der Waals surface area contributed by atoms with E-state index in [1.807, 2.05) is 0 Å². The first kappa shape index (κ1) is 13.1. The number of hydrogen-bond donors (Lipinski definition) is 1. The number of nitrogens with one attached hydrogen (secondary N) is 1. The summed E-state index contributed by atoms with van der Waals surface area (Å²) in [6.07, 6.45) is 7.11. The van der Waals surface area contributed by atoms with Gasteiger partial charge in [0.25, 0.3) is 0 Å². The van der Waals surface area contributed by atoms with Crippen LogP contribution < -0.4 is 5.32 Å². The van der Waals surface area contributed by atoms with Crippen molar-refractivity contribution in [3.8, 4) is 11.1 Å². The molecule has 0 atom stereocenters. The molecular weight excluding hydrogens is 254 g/mol. The van der Waals surface area contributed by atoms with Gasteiger partial charge in [0, 0.05) is 0 Å². The molecule has 4 rings (SSSR count). The van der Waals surface area contributed by atoms with Crippen molar-refractivity contribution >= 4 is 0 Å². The lowest BCUT2D eigenvalue weighted by atomic mass is 10.0. The van der Waals surface area contributed by atoms with Crippen LogP contribution in [0.4, 0.5) is 0 Å². The monoisotopic (exact) mass is 277 g/mol. The molecule has 0 saturated heterocycles. The van der Waals surface area contributed by atoms with Gasteiger partial charge >= 0.3 is 0 Å². The average Bonchev–Trinajstić information content (AvgIpc) is 3.15. The van der Waals surface area contributed by atoms with Gasteiger partial charge in [-0.05, 0) is 41.1 Å². The van der Waals surface area contributed by atoms with Crippen LogP contribution in [0.25, 0.3) is 11.1 Å². The Morgan fingerprint density at radius 1 is 0.810 bits per heavy atom. The van der Waals surface area contributed by atoms with E-state index >= 15 is 0 Å². The first-order valence-electron chi connectivity index (χ1n) is 8.35. The zero-order chi connectivity index (χ0) is 14.1. The third kappa shape index (κ3) is 2.40. The maximum atomic E-state index is 3.82. The molecule has 21 heavy (non-hydrogen) atoms. The van der Waals surface area contributed by atoms with Crippen LogP contribution in [-0.2, 0) is 0 Å². The van der Waals surface area contributed by atoms with E-state index in [2.05, 4.69) is 53.8 Å². The Kier molecular flexibility index (Phi) is 3.52. The molecule has 1 N–H and O–H groups in total. The molecule has 0 aliphatic heterocycles. The van der Waals surface area contributed by atoms with Gasteiger partial charge in [-0.15, -0.1) is 0 Å². The van der Waals surface area contributed by atoms with Gasteiger partial charge < -0.3 is 5.32 Å². The molecule has 108 valence electrons. The minimum atomic E-state index is 0.388. The quantitative estimate of drug-likeness (QED) is 0.836. The zero-order valence-electron chi connectivity index (χ0n) is 12.5. The van der Waals surface area contributed by atoms with E-state index in [4.69, 9.17) is 0 Å². The zero-order valence-corrected chi connectivity index (χ0v) is 12.5. The van der Waals surface area contributed by atoms with Crippen LogP contribution in [0.15, 0.2) is 48.5 Å². The van der Waals surface area contributed by atoms with E-state index in [0.717, 1.165) is 12.5 Å². The summed E-state index contributed by atoms with van der Waals surface area (Å²) < 4.78 is 0. The Balaban J connectivity index is 1.54. The fraction of sp³-hybridized carbons (Fsp3) is 0.400. The highest BCUT2D eigenvalue weighted by atomic mass is 14.9. The van der Waals surface area contributed by atoms with E-state index < -0.39 is 0 Å². The van der Waals surface area contributed by atoms with Crippen molar-refractivity contribution in [2.45, 2.75) is 38.1 Å². The molecule has 1 saturated carbocycles. The lowest BCUT2D eigenvalue weighted by Crippen LogP contribution is -2.23. The maximum Gasteiger partial charge on any atom is 0.0588 e. The van der Waals surface area contributed by atoms with Crippen molar-refractivity contribution < 1.29 is 0 Å². The average molecular weight is 277 g/mol. The molecule has 0 spiro atoms. The van der Waals surface area contributed by atoms with Crippen LogP contribution >= 0.6 is 0 Å². The third-order valence-corrected chi connectivity index (χ3v) is 5.21. The fourth-order valence-corrected chi connectivity index (χ4v) is 4.11. The van der Waals surface area contributed by atoms with Gasteiger partial charge in [-0.25, -0.2) is 0 Å². The highest BCUT2D eigenvalue weighted by molar-refractivity contribution is 5.78. The summed E-state index contributed by atoms with van der Waals surface area (Å²) in [6.45, 7) is 1.14. The molecule has 1 nitrogen and oxygen atoms in total. The summed E-state index contributed by atoms with van der Waals surface area (Å²) in [5, 5.41) is 3.82. The van der Waals surface area contributed by atoms with Gasteiger partial charge in [-0.1, -0.05) is 74.2 Å². The molecule has 2 aromatic carbocycles. The fourth-order valence-electron chi connectivity index (χ4n) is 4.11. The van der Waals surface area contributed by atoms with Crippen molar-refractivity contribution in [1.29, 1.82) is 0 Å². The van der Waals surface area contributed by atoms with Crippen molar-refractivity contribution in [2.24, 2.45) is 5.92 Å². The standard InChI is InChI=1S/C20H23N/c1-2-8-15(7-1)13-14-21-20-18-11-5-3-9-16(18)17-10-4-6-12-19(17)20/h3-6,9-12,15,20-21H,1-2,7-8,13-14H2. The Bertz CT molecular complexity index is 580. The molecule has 2 aliphatic carbocycles. The molecule has 0 aromatic heterocycles. The highest BCUT2D eigenvalue weighted by Crippen LogP contribution is 2.43. The largest absolute Gasteiger partial charge is 0.306 e. The molecule has 0 bridgehead atoms. The lowest BCUT2D eigenvalue weighted by molar-refractivity contribution is 0.464. The molecule has 0 amide bonds. The van der Waals surface area contributed by atoms with E-state index in [0.29, 0.717) is 6.04 Å². The Hall–Kier alpha value is -1.60. The summed E-state index contributed by atoms with van der Waals surface area (Å²) >= 11 is 0. The second-order valence-electron chi connectivity index (χ2n) is 6.50. The van der Waals surface area contributed by atoms with Crippen molar-refractivity contribution in [3.05, 3.63) is 59.7 Å². The second-order valence-corrected chi connectivity index (χ2v) is 6.50. The van der Waals surface area contributed by atoms with Gasteiger partial charge in [0.05, 0.1) is 6.04 Å². The molecule has 0 unspecified atom stereocenters. The number of rotatable bonds is 4. The van der Waals surface area contributed by atoms with Crippen LogP contribution in [0.2, 0.25) is 0 Å². The minimum Gasteiger partial charge on any atom is -0.306 e. The lowest BCUT2D eigenvalue weighted by Gasteiger charge is -2.17. The molecule has 0 heterocycles. The van der Waals surface area contributed by atoms with Crippen molar-refractivity contribution in [3.63, 3.8) is 0 Å². The van der Waals surface area contributed by atoms with Crippen molar-refractivity contribution in [1.82, 2.24) is 5.32 Å². The predicted octanol–water partition coefficient (Wildman–Crippen LogP) is 4.93. The normalized spacial score (nSPS) is 17.9. The molecule has 1 fully saturated rings. The molecule has 0 radical (unpaired) electrons. The molecular formula is C20H23N. The van der Waals surface area contributed by atoms with Crippen LogP contribution in [0.5, 0.6) is 0 Å². The van der Waals surface area contributed by atoms with Gasteiger partial charge in [0.15, 0.2) is 0 Å². The maximum absolute atomic E-state index is 3.82. The van der Waals surface area contributed by atoms with Crippen molar-refractivity contribution in [2.75, 3.05) is 6.54 Å². The van der Waals surface area contributed by atoms with Crippen LogP contribution in [0, 0.1) is 5.92 Å². The van der Waals surface area contributed by atoms with Gasteiger partial charge in [0.1, 0.15) is 0 Å². The molecule has 2 aromatic rings. The smallest absolute Gasteiger partial charge is 0.0588 e. The summed E-state index contributed by atoms with van der Waals surface area (Å²) in [4.78, 5) is 0. The number of fused-ring (bicyclic) bond motifs is 3. The third-order valence-electron chi connectivity index (χ3n) is 5.21. The van der Waals surface area contributed by atoms with E-state index in [-0.39, 0.29) is 0 Å². The molecule has 1 heteroatoms. The van der Waals surface area contributed by atoms with E-state index in [1.165, 1.54) is 54.4 Å². The summed E-state index contributed by atoms with van der Waals surface area (Å²) in [5.41, 5.74) is 5.72. The first-order chi connectivity index (χ1) is 10.4. The predicted molar refractivity (Wildman–Crippen MR) is 88.3 cm³/mol. The Morgan fingerprint density at radius 3 is 2.00 bits per heavy atom. The van der Waals surface area contributed by atoms with E-state index in [1.54, 1.807) is 0 Å². The summed E-state index contributed by atoms with van der Waals surface area (Å²) in [5.74, 6) is 0.962. The highest BCUT2D eigenvalue weighted by Gasteiger charge is 2.27. The summed E-state index contributed by atoms with van der Waals surface area (Å²) in [7, 11) is 0. The SMILES string of the molecule is c1ccc2c(c1)-c1ccccc1C2NCCC1CCCC1.